The van der Waals surface area contributed by atoms with Crippen LogP contribution in [0.1, 0.15) is 29.3 Å². The summed E-state index contributed by atoms with van der Waals surface area (Å²) >= 11 is 0. The summed E-state index contributed by atoms with van der Waals surface area (Å²) in [5, 5.41) is 7.72. The van der Waals surface area contributed by atoms with E-state index in [1.54, 1.807) is 0 Å². The molecule has 0 amide bonds. The number of benzene rings is 5. The Hall–Kier alpha value is -5.54. The summed E-state index contributed by atoms with van der Waals surface area (Å²) in [5.74, 6) is 1.08. The predicted molar refractivity (Wildman–Crippen MR) is 185 cm³/mol. The van der Waals surface area contributed by atoms with Crippen molar-refractivity contribution >= 4 is 44.6 Å². The first kappa shape index (κ1) is 25.0. The Labute approximate surface area is 256 Å². The number of dihydropyridines is 1. The van der Waals surface area contributed by atoms with E-state index in [1.807, 2.05) is 0 Å². The zero-order chi connectivity index (χ0) is 29.0. The fraction of sp³-hybridized carbons (Fsp3) is 0.0732. The van der Waals surface area contributed by atoms with Gasteiger partial charge in [-0.2, -0.15) is 0 Å². The van der Waals surface area contributed by atoms with Crippen LogP contribution in [0.2, 0.25) is 0 Å². The number of hydrogen-bond acceptors (Lipinski definition) is 1. The normalized spacial score (nSPS) is 15.9. The Morgan fingerprint density at radius 3 is 2.16 bits per heavy atom. The van der Waals surface area contributed by atoms with Gasteiger partial charge >= 0.3 is 0 Å². The number of fused-ring (bicyclic) bond motifs is 6. The Morgan fingerprint density at radius 1 is 0.614 bits per heavy atom. The van der Waals surface area contributed by atoms with Crippen molar-refractivity contribution in [3.63, 3.8) is 0 Å². The molecule has 0 radical (unpaired) electrons. The molecule has 210 valence electrons. The Balaban J connectivity index is 1.13. The summed E-state index contributed by atoms with van der Waals surface area (Å²) < 4.78 is 4.83. The third-order valence-electron chi connectivity index (χ3n) is 9.25. The molecule has 0 spiro atoms. The van der Waals surface area contributed by atoms with Crippen molar-refractivity contribution < 1.29 is 0 Å². The first-order chi connectivity index (χ1) is 21.8. The van der Waals surface area contributed by atoms with E-state index in [4.69, 9.17) is 0 Å². The number of para-hydroxylation sites is 2. The van der Waals surface area contributed by atoms with E-state index in [0.717, 1.165) is 18.7 Å². The Kier molecular flexibility index (Phi) is 5.70. The van der Waals surface area contributed by atoms with Crippen LogP contribution in [0.5, 0.6) is 0 Å². The predicted octanol–water partition coefficient (Wildman–Crippen LogP) is 10.1. The van der Waals surface area contributed by atoms with E-state index >= 15 is 0 Å². The van der Waals surface area contributed by atoms with Crippen LogP contribution in [0.4, 0.5) is 0 Å². The van der Waals surface area contributed by atoms with Crippen molar-refractivity contribution in [2.75, 3.05) is 0 Å². The molecule has 5 aromatic carbocycles. The van der Waals surface area contributed by atoms with Gasteiger partial charge in [0.25, 0.3) is 0 Å². The molecule has 1 aliphatic heterocycles. The number of aryl methyl sites for hydroxylation is 1. The number of aromatic nitrogens is 2. The Bertz CT molecular complexity index is 2290. The van der Waals surface area contributed by atoms with Crippen LogP contribution in [0.25, 0.3) is 61.4 Å². The van der Waals surface area contributed by atoms with Crippen molar-refractivity contribution in [2.24, 2.45) is 0 Å². The van der Waals surface area contributed by atoms with Crippen LogP contribution in [-0.2, 0) is 6.42 Å². The molecule has 9 rings (SSSR count). The van der Waals surface area contributed by atoms with Crippen molar-refractivity contribution in [1.29, 1.82) is 0 Å². The van der Waals surface area contributed by atoms with Crippen molar-refractivity contribution in [2.45, 2.75) is 18.9 Å². The maximum atomic E-state index is 3.85. The first-order valence-corrected chi connectivity index (χ1v) is 15.5. The highest BCUT2D eigenvalue weighted by atomic mass is 15.2. The average molecular weight is 566 g/mol. The quantitative estimate of drug-likeness (QED) is 0.225. The lowest BCUT2D eigenvalue weighted by Crippen LogP contribution is -2.23. The summed E-state index contributed by atoms with van der Waals surface area (Å²) in [7, 11) is 0. The molecule has 1 atom stereocenters. The zero-order valence-corrected chi connectivity index (χ0v) is 24.3. The second-order valence-corrected chi connectivity index (χ2v) is 11.8. The van der Waals surface area contributed by atoms with Gasteiger partial charge in [0.15, 0.2) is 0 Å². The third-order valence-corrected chi connectivity index (χ3v) is 9.25. The molecule has 2 aromatic heterocycles. The van der Waals surface area contributed by atoms with Crippen molar-refractivity contribution in [1.82, 2.24) is 14.5 Å². The minimum absolute atomic E-state index is 0.0832. The highest BCUT2D eigenvalue weighted by Gasteiger charge is 2.21. The van der Waals surface area contributed by atoms with E-state index < -0.39 is 0 Å². The molecule has 3 heteroatoms. The summed E-state index contributed by atoms with van der Waals surface area (Å²) in [4.78, 5) is 0. The van der Waals surface area contributed by atoms with Gasteiger partial charge in [-0.25, -0.2) is 0 Å². The monoisotopic (exact) mass is 565 g/mol. The zero-order valence-electron chi connectivity index (χ0n) is 24.3. The van der Waals surface area contributed by atoms with E-state index in [-0.39, 0.29) is 6.04 Å². The molecule has 2 aliphatic rings. The highest BCUT2D eigenvalue weighted by molar-refractivity contribution is 6.11. The van der Waals surface area contributed by atoms with Crippen LogP contribution in [0, 0.1) is 0 Å². The molecular formula is C41H31N3. The SMILES string of the molecule is C1=CC(c2ccc(-c3ccccc3)cc2)NC(n2c3ccccc3c3cc(-n4c5c(c6ccccc64)CCC=C5)ccc32)=C1. The van der Waals surface area contributed by atoms with Crippen molar-refractivity contribution in [3.05, 3.63) is 162 Å². The summed E-state index contributed by atoms with van der Waals surface area (Å²) in [6, 6.07) is 44.1. The molecule has 3 nitrogen and oxygen atoms in total. The smallest absolute Gasteiger partial charge is 0.111 e. The Morgan fingerprint density at radius 2 is 1.32 bits per heavy atom. The molecule has 1 unspecified atom stereocenters. The van der Waals surface area contributed by atoms with E-state index in [2.05, 4.69) is 166 Å². The van der Waals surface area contributed by atoms with Gasteiger partial charge in [-0.1, -0.05) is 109 Å². The number of hydrogen-bond donors (Lipinski definition) is 1. The third kappa shape index (κ3) is 3.90. The lowest BCUT2D eigenvalue weighted by atomic mass is 9.99. The van der Waals surface area contributed by atoms with E-state index in [0.29, 0.717) is 0 Å². The average Bonchev–Trinajstić information content (AvgIpc) is 3.61. The molecule has 3 heterocycles. The van der Waals surface area contributed by atoms with Gasteiger partial charge in [-0.3, -0.25) is 4.57 Å². The topological polar surface area (TPSA) is 21.9 Å². The lowest BCUT2D eigenvalue weighted by Gasteiger charge is -2.24. The molecule has 0 saturated carbocycles. The van der Waals surface area contributed by atoms with Gasteiger partial charge in [0.1, 0.15) is 5.82 Å². The van der Waals surface area contributed by atoms with Crippen LogP contribution in [0.3, 0.4) is 0 Å². The van der Waals surface area contributed by atoms with Gasteiger partial charge in [0, 0.05) is 27.5 Å². The van der Waals surface area contributed by atoms with Gasteiger partial charge in [0.2, 0.25) is 0 Å². The van der Waals surface area contributed by atoms with Crippen LogP contribution < -0.4 is 5.32 Å². The van der Waals surface area contributed by atoms with Crippen molar-refractivity contribution in [3.8, 4) is 16.8 Å². The molecule has 0 saturated heterocycles. The van der Waals surface area contributed by atoms with Crippen LogP contribution in [0.15, 0.2) is 146 Å². The standard InChI is InChI=1S/C41H31N3/c1-2-11-28(12-3-1)29-21-23-30(24-22-29)36-16-10-20-41(42-36)44-39-19-9-6-15-34(39)35-27-31(25-26-40(35)44)43-37-17-7-4-13-32(37)33-14-5-8-18-38(33)43/h1-4,6-13,15-27,36,42H,5,14H2. The summed E-state index contributed by atoms with van der Waals surface area (Å²) in [6.07, 6.45) is 13.4. The number of allylic oxidation sites excluding steroid dienone is 3. The maximum Gasteiger partial charge on any atom is 0.111 e. The lowest BCUT2D eigenvalue weighted by molar-refractivity contribution is 0.736. The number of rotatable bonds is 4. The number of nitrogens with zero attached hydrogens (tertiary/aromatic N) is 2. The van der Waals surface area contributed by atoms with Gasteiger partial charge in [0.05, 0.1) is 22.6 Å². The number of nitrogens with one attached hydrogen (secondary N) is 1. The molecular weight excluding hydrogens is 534 g/mol. The largest absolute Gasteiger partial charge is 0.361 e. The molecule has 1 N–H and O–H groups in total. The molecule has 0 fully saturated rings. The molecule has 1 aliphatic carbocycles. The maximum absolute atomic E-state index is 3.85. The molecule has 0 bridgehead atoms. The van der Waals surface area contributed by atoms with E-state index in [9.17, 15) is 0 Å². The summed E-state index contributed by atoms with van der Waals surface area (Å²) in [6.45, 7) is 0. The highest BCUT2D eigenvalue weighted by Crippen LogP contribution is 2.38. The minimum Gasteiger partial charge on any atom is -0.361 e. The second-order valence-electron chi connectivity index (χ2n) is 11.8. The first-order valence-electron chi connectivity index (χ1n) is 15.5. The van der Waals surface area contributed by atoms with E-state index in [1.165, 1.54) is 66.3 Å². The van der Waals surface area contributed by atoms with Gasteiger partial charge in [-0.05, 0) is 77.6 Å². The second kappa shape index (κ2) is 10.0. The minimum atomic E-state index is 0.0832. The summed E-state index contributed by atoms with van der Waals surface area (Å²) in [5.41, 5.74) is 11.3. The van der Waals surface area contributed by atoms with Crippen LogP contribution in [-0.4, -0.2) is 9.13 Å². The molecule has 7 aromatic rings. The molecule has 44 heavy (non-hydrogen) atoms. The van der Waals surface area contributed by atoms with Gasteiger partial charge in [-0.15, -0.1) is 0 Å². The fourth-order valence-electron chi connectivity index (χ4n) is 7.19. The van der Waals surface area contributed by atoms with Gasteiger partial charge < -0.3 is 9.88 Å². The van der Waals surface area contributed by atoms with Crippen LogP contribution >= 0.6 is 0 Å². The fourth-order valence-corrected chi connectivity index (χ4v) is 7.19.